The summed E-state index contributed by atoms with van der Waals surface area (Å²) < 4.78 is 32.9. The third-order valence-electron chi connectivity index (χ3n) is 3.63. The number of carbonyl (C=O) groups is 1. The maximum Gasteiger partial charge on any atom is 0.262 e. The van der Waals surface area contributed by atoms with Crippen LogP contribution in [0.2, 0.25) is 5.02 Å². The predicted molar refractivity (Wildman–Crippen MR) is 102 cm³/mol. The monoisotopic (exact) mass is 396 g/mol. The quantitative estimate of drug-likeness (QED) is 0.666. The van der Waals surface area contributed by atoms with Gasteiger partial charge in [0.1, 0.15) is 5.75 Å². The van der Waals surface area contributed by atoms with E-state index < -0.39 is 10.0 Å². The number of methoxy groups -OCH3 is 1. The minimum Gasteiger partial charge on any atom is -0.495 e. The van der Waals surface area contributed by atoms with Crippen molar-refractivity contribution >= 4 is 33.2 Å². The first-order valence-corrected chi connectivity index (χ1v) is 9.98. The summed E-state index contributed by atoms with van der Waals surface area (Å²) in [6, 6.07) is 10.5. The highest BCUT2D eigenvalue weighted by Crippen LogP contribution is 2.29. The molecule has 0 aliphatic carbocycles. The Kier molecular flexibility index (Phi) is 6.88. The molecule has 8 heteroatoms. The van der Waals surface area contributed by atoms with Gasteiger partial charge in [0.15, 0.2) is 0 Å². The molecule has 1 amide bonds. The maximum absolute atomic E-state index is 12.7. The van der Waals surface area contributed by atoms with E-state index in [4.69, 9.17) is 16.3 Å². The molecule has 0 aromatic heterocycles. The van der Waals surface area contributed by atoms with Gasteiger partial charge in [-0.25, -0.2) is 8.42 Å². The van der Waals surface area contributed by atoms with Crippen LogP contribution < -0.4 is 14.8 Å². The molecule has 0 unspecified atom stereocenters. The van der Waals surface area contributed by atoms with Crippen molar-refractivity contribution < 1.29 is 17.9 Å². The summed E-state index contributed by atoms with van der Waals surface area (Å²) in [5, 5.41) is 3.13. The molecule has 0 saturated heterocycles. The van der Waals surface area contributed by atoms with Crippen molar-refractivity contribution in [3.05, 3.63) is 53.1 Å². The zero-order valence-corrected chi connectivity index (χ0v) is 16.2. The van der Waals surface area contributed by atoms with Gasteiger partial charge in [0.05, 0.1) is 17.7 Å². The normalized spacial score (nSPS) is 11.0. The van der Waals surface area contributed by atoms with Gasteiger partial charge in [-0.05, 0) is 42.8 Å². The Labute approximate surface area is 158 Å². The molecule has 140 valence electrons. The van der Waals surface area contributed by atoms with E-state index in [-0.39, 0.29) is 22.1 Å². The Balaban J connectivity index is 2.26. The standard InChI is InChI=1S/C18H21ClN2O4S/c1-3-4-10-20-18(22)13-6-5-7-15(11-13)26(23,24)21-16-12-14(19)8-9-17(16)25-2/h5-9,11-12,21H,3-4,10H2,1-2H3,(H,20,22). The fraction of sp³-hybridized carbons (Fsp3) is 0.278. The molecule has 2 aromatic carbocycles. The van der Waals surface area contributed by atoms with Crippen LogP contribution >= 0.6 is 11.6 Å². The molecule has 0 radical (unpaired) electrons. The molecule has 0 aliphatic rings. The average molecular weight is 397 g/mol. The van der Waals surface area contributed by atoms with E-state index in [9.17, 15) is 13.2 Å². The lowest BCUT2D eigenvalue weighted by Gasteiger charge is -2.13. The van der Waals surface area contributed by atoms with Crippen LogP contribution in [-0.2, 0) is 10.0 Å². The second-order valence-corrected chi connectivity index (χ2v) is 7.71. The van der Waals surface area contributed by atoms with Crippen LogP contribution in [0.4, 0.5) is 5.69 Å². The number of amides is 1. The van der Waals surface area contributed by atoms with Gasteiger partial charge in [0, 0.05) is 17.1 Å². The van der Waals surface area contributed by atoms with Gasteiger partial charge in [-0.15, -0.1) is 0 Å². The number of hydrogen-bond acceptors (Lipinski definition) is 4. The molecule has 0 bridgehead atoms. The highest BCUT2D eigenvalue weighted by atomic mass is 35.5. The number of halogens is 1. The third-order valence-corrected chi connectivity index (χ3v) is 5.23. The van der Waals surface area contributed by atoms with Crippen LogP contribution in [0.1, 0.15) is 30.1 Å². The van der Waals surface area contributed by atoms with Crippen molar-refractivity contribution in [2.24, 2.45) is 0 Å². The zero-order chi connectivity index (χ0) is 19.2. The van der Waals surface area contributed by atoms with E-state index in [1.54, 1.807) is 18.2 Å². The summed E-state index contributed by atoms with van der Waals surface area (Å²) in [5.41, 5.74) is 0.500. The van der Waals surface area contributed by atoms with Gasteiger partial charge in [-0.2, -0.15) is 0 Å². The summed E-state index contributed by atoms with van der Waals surface area (Å²) in [5.74, 6) is 0.0299. The van der Waals surface area contributed by atoms with Crippen LogP contribution in [0.15, 0.2) is 47.4 Å². The Morgan fingerprint density at radius 1 is 1.19 bits per heavy atom. The van der Waals surface area contributed by atoms with Crippen molar-refractivity contribution in [2.75, 3.05) is 18.4 Å². The number of anilines is 1. The molecule has 2 N–H and O–H groups in total. The topological polar surface area (TPSA) is 84.5 Å². The largest absolute Gasteiger partial charge is 0.495 e. The lowest BCUT2D eigenvalue weighted by molar-refractivity contribution is 0.0953. The maximum atomic E-state index is 12.7. The van der Waals surface area contributed by atoms with Gasteiger partial charge in [-0.3, -0.25) is 9.52 Å². The highest BCUT2D eigenvalue weighted by Gasteiger charge is 2.18. The summed E-state index contributed by atoms with van der Waals surface area (Å²) in [7, 11) is -2.48. The first-order valence-electron chi connectivity index (χ1n) is 8.12. The SMILES string of the molecule is CCCCNC(=O)c1cccc(S(=O)(=O)Nc2cc(Cl)ccc2OC)c1. The number of sulfonamides is 1. The second kappa shape index (κ2) is 8.91. The first-order chi connectivity index (χ1) is 12.4. The summed E-state index contributed by atoms with van der Waals surface area (Å²) >= 11 is 5.93. The summed E-state index contributed by atoms with van der Waals surface area (Å²) in [6.45, 7) is 2.57. The van der Waals surface area contributed by atoms with E-state index in [1.165, 1.54) is 31.4 Å². The molecule has 0 fully saturated rings. The van der Waals surface area contributed by atoms with Crippen LogP contribution in [0.5, 0.6) is 5.75 Å². The third kappa shape index (κ3) is 5.12. The number of benzene rings is 2. The molecular formula is C18H21ClN2O4S. The Morgan fingerprint density at radius 2 is 1.96 bits per heavy atom. The zero-order valence-electron chi connectivity index (χ0n) is 14.6. The number of rotatable bonds is 8. The minimum absolute atomic E-state index is 0.0253. The molecule has 0 aliphatic heterocycles. The minimum atomic E-state index is -3.91. The van der Waals surface area contributed by atoms with E-state index in [2.05, 4.69) is 10.0 Å². The van der Waals surface area contributed by atoms with Crippen molar-refractivity contribution in [3.63, 3.8) is 0 Å². The second-order valence-electron chi connectivity index (χ2n) is 5.59. The molecule has 6 nitrogen and oxygen atoms in total. The molecule has 0 spiro atoms. The van der Waals surface area contributed by atoms with Gasteiger partial charge in [0.2, 0.25) is 0 Å². The predicted octanol–water partition coefficient (Wildman–Crippen LogP) is 3.68. The van der Waals surface area contributed by atoms with E-state index in [0.29, 0.717) is 17.3 Å². The molecule has 0 atom stereocenters. The molecular weight excluding hydrogens is 376 g/mol. The van der Waals surface area contributed by atoms with Crippen LogP contribution in [0.25, 0.3) is 0 Å². The smallest absolute Gasteiger partial charge is 0.262 e. The lowest BCUT2D eigenvalue weighted by Crippen LogP contribution is -2.24. The van der Waals surface area contributed by atoms with Crippen molar-refractivity contribution in [2.45, 2.75) is 24.7 Å². The molecule has 0 heterocycles. The number of unbranched alkanes of at least 4 members (excludes halogenated alkanes) is 1. The highest BCUT2D eigenvalue weighted by molar-refractivity contribution is 7.92. The fourth-order valence-electron chi connectivity index (χ4n) is 2.25. The van der Waals surface area contributed by atoms with Crippen LogP contribution in [-0.4, -0.2) is 28.0 Å². The first kappa shape index (κ1) is 20.1. The van der Waals surface area contributed by atoms with Gasteiger partial charge >= 0.3 is 0 Å². The number of ether oxygens (including phenoxy) is 1. The summed E-state index contributed by atoms with van der Waals surface area (Å²) in [6.07, 6.45) is 1.82. The van der Waals surface area contributed by atoms with Crippen molar-refractivity contribution in [3.8, 4) is 5.75 Å². The number of carbonyl (C=O) groups excluding carboxylic acids is 1. The van der Waals surface area contributed by atoms with E-state index >= 15 is 0 Å². The van der Waals surface area contributed by atoms with Crippen molar-refractivity contribution in [1.82, 2.24) is 5.32 Å². The Morgan fingerprint density at radius 3 is 2.65 bits per heavy atom. The van der Waals surface area contributed by atoms with E-state index in [1.807, 2.05) is 6.92 Å². The molecule has 26 heavy (non-hydrogen) atoms. The van der Waals surface area contributed by atoms with Gasteiger partial charge in [0.25, 0.3) is 15.9 Å². The van der Waals surface area contributed by atoms with E-state index in [0.717, 1.165) is 12.8 Å². The molecule has 0 saturated carbocycles. The Bertz CT molecular complexity index is 885. The summed E-state index contributed by atoms with van der Waals surface area (Å²) in [4.78, 5) is 12.1. The number of nitrogens with one attached hydrogen (secondary N) is 2. The Hall–Kier alpha value is -2.25. The van der Waals surface area contributed by atoms with Gasteiger partial charge < -0.3 is 10.1 Å². The molecule has 2 rings (SSSR count). The van der Waals surface area contributed by atoms with Gasteiger partial charge in [-0.1, -0.05) is 31.0 Å². The average Bonchev–Trinajstić information content (AvgIpc) is 2.62. The van der Waals surface area contributed by atoms with Crippen molar-refractivity contribution in [1.29, 1.82) is 0 Å². The molecule has 2 aromatic rings. The lowest BCUT2D eigenvalue weighted by atomic mass is 10.2. The van der Waals surface area contributed by atoms with Crippen LogP contribution in [0, 0.1) is 0 Å². The number of hydrogen-bond donors (Lipinski definition) is 2. The van der Waals surface area contributed by atoms with Crippen LogP contribution in [0.3, 0.4) is 0 Å². The fourth-order valence-corrected chi connectivity index (χ4v) is 3.53.